The highest BCUT2D eigenvalue weighted by Gasteiger charge is 2.13. The third kappa shape index (κ3) is 3.26. The van der Waals surface area contributed by atoms with Crippen LogP contribution in [0.15, 0.2) is 24.3 Å². The van der Waals surface area contributed by atoms with Crippen molar-refractivity contribution < 1.29 is 4.79 Å². The summed E-state index contributed by atoms with van der Waals surface area (Å²) in [5, 5.41) is 15.2. The lowest BCUT2D eigenvalue weighted by Gasteiger charge is -2.06. The maximum atomic E-state index is 12.3. The first-order chi connectivity index (χ1) is 11.0. The van der Waals surface area contributed by atoms with Crippen LogP contribution >= 0.6 is 0 Å². The van der Waals surface area contributed by atoms with Crippen molar-refractivity contribution in [3.8, 4) is 0 Å². The van der Waals surface area contributed by atoms with Gasteiger partial charge in [0, 0.05) is 24.2 Å². The summed E-state index contributed by atoms with van der Waals surface area (Å²) in [6.45, 7) is 7.41. The molecule has 2 aromatic heterocycles. The van der Waals surface area contributed by atoms with E-state index in [9.17, 15) is 4.79 Å². The Kier molecular flexibility index (Phi) is 4.14. The number of hydrogen-bond acceptors (Lipinski definition) is 3. The number of carbonyl (C=O) groups excluding carboxylic acids is 1. The van der Waals surface area contributed by atoms with E-state index in [0.717, 1.165) is 40.8 Å². The average Bonchev–Trinajstić information content (AvgIpc) is 3.06. The van der Waals surface area contributed by atoms with Gasteiger partial charge in [0.2, 0.25) is 0 Å². The Balaban J connectivity index is 1.58. The van der Waals surface area contributed by atoms with Crippen molar-refractivity contribution in [3.63, 3.8) is 0 Å². The van der Waals surface area contributed by atoms with Crippen LogP contribution in [0.4, 0.5) is 0 Å². The van der Waals surface area contributed by atoms with E-state index in [4.69, 9.17) is 0 Å². The average molecular weight is 311 g/mol. The fourth-order valence-corrected chi connectivity index (χ4v) is 2.72. The molecular weight excluding hydrogens is 290 g/mol. The molecule has 0 saturated heterocycles. The first-order valence-electron chi connectivity index (χ1n) is 7.78. The fourth-order valence-electron chi connectivity index (χ4n) is 2.72. The molecule has 0 spiro atoms. The van der Waals surface area contributed by atoms with Crippen LogP contribution in [0.25, 0.3) is 10.9 Å². The Morgan fingerprint density at radius 2 is 2.09 bits per heavy atom. The van der Waals surface area contributed by atoms with Gasteiger partial charge in [-0.15, -0.1) is 0 Å². The van der Waals surface area contributed by atoms with Crippen molar-refractivity contribution in [1.29, 1.82) is 0 Å². The molecule has 3 aromatic rings. The zero-order valence-electron chi connectivity index (χ0n) is 13.7. The number of hydrogen-bond donors (Lipinski definition) is 2. The number of aryl methyl sites for hydroxylation is 4. The summed E-state index contributed by atoms with van der Waals surface area (Å²) < 4.78 is 1.97. The minimum absolute atomic E-state index is 0.143. The predicted octanol–water partition coefficient (Wildman–Crippen LogP) is 2.50. The lowest BCUT2D eigenvalue weighted by Crippen LogP contribution is -2.26. The molecule has 0 atom stereocenters. The smallest absolute Gasteiger partial charge is 0.272 e. The monoisotopic (exact) mass is 311 g/mol. The minimum atomic E-state index is -0.143. The van der Waals surface area contributed by atoms with Gasteiger partial charge in [0.25, 0.3) is 5.91 Å². The molecule has 0 radical (unpaired) electrons. The van der Waals surface area contributed by atoms with E-state index in [2.05, 4.69) is 26.7 Å². The molecule has 0 unspecified atom stereocenters. The fraction of sp³-hybridized carbons (Fsp3) is 0.353. The number of nitrogens with zero attached hydrogens (tertiary/aromatic N) is 3. The summed E-state index contributed by atoms with van der Waals surface area (Å²) in [4.78, 5) is 12.3. The number of aromatic amines is 1. The van der Waals surface area contributed by atoms with Gasteiger partial charge in [0.05, 0.1) is 11.2 Å². The molecule has 0 aliphatic carbocycles. The SMILES string of the molecule is Cc1ccc2[nH]nc(C(=O)NCCCn3nc(C)cc3C)c2c1. The lowest BCUT2D eigenvalue weighted by molar-refractivity contribution is 0.0949. The van der Waals surface area contributed by atoms with Crippen molar-refractivity contribution >= 4 is 16.8 Å². The molecule has 0 saturated carbocycles. The summed E-state index contributed by atoms with van der Waals surface area (Å²) in [7, 11) is 0. The van der Waals surface area contributed by atoms with Crippen molar-refractivity contribution in [2.75, 3.05) is 6.54 Å². The molecule has 2 N–H and O–H groups in total. The molecule has 1 amide bonds. The van der Waals surface area contributed by atoms with E-state index in [1.807, 2.05) is 43.7 Å². The number of nitrogens with one attached hydrogen (secondary N) is 2. The topological polar surface area (TPSA) is 75.6 Å². The van der Waals surface area contributed by atoms with Crippen molar-refractivity contribution in [1.82, 2.24) is 25.3 Å². The molecular formula is C17H21N5O. The molecule has 6 heteroatoms. The van der Waals surface area contributed by atoms with Gasteiger partial charge < -0.3 is 5.32 Å². The largest absolute Gasteiger partial charge is 0.351 e. The molecule has 120 valence electrons. The first kappa shape index (κ1) is 15.3. The van der Waals surface area contributed by atoms with Crippen LogP contribution in [0, 0.1) is 20.8 Å². The van der Waals surface area contributed by atoms with Crippen LogP contribution in [-0.2, 0) is 6.54 Å². The van der Waals surface area contributed by atoms with Crippen LogP contribution in [-0.4, -0.2) is 32.4 Å². The number of carbonyl (C=O) groups is 1. The highest BCUT2D eigenvalue weighted by molar-refractivity contribution is 6.04. The molecule has 0 aliphatic rings. The van der Waals surface area contributed by atoms with Gasteiger partial charge in [-0.3, -0.25) is 14.6 Å². The molecule has 23 heavy (non-hydrogen) atoms. The number of aromatic nitrogens is 4. The summed E-state index contributed by atoms with van der Waals surface area (Å²) in [6.07, 6.45) is 0.828. The van der Waals surface area contributed by atoms with Gasteiger partial charge in [-0.05, 0) is 45.4 Å². The maximum Gasteiger partial charge on any atom is 0.272 e. The van der Waals surface area contributed by atoms with Gasteiger partial charge in [-0.1, -0.05) is 11.6 Å². The van der Waals surface area contributed by atoms with E-state index in [1.165, 1.54) is 0 Å². The normalized spacial score (nSPS) is 11.1. The molecule has 0 fully saturated rings. The highest BCUT2D eigenvalue weighted by atomic mass is 16.1. The standard InChI is InChI=1S/C17H21N5O/c1-11-5-6-15-14(9-11)16(20-19-15)17(23)18-7-4-8-22-13(3)10-12(2)21-22/h5-6,9-10H,4,7-8H2,1-3H3,(H,18,23)(H,19,20). The van der Waals surface area contributed by atoms with E-state index in [1.54, 1.807) is 0 Å². The Morgan fingerprint density at radius 3 is 2.83 bits per heavy atom. The van der Waals surface area contributed by atoms with E-state index >= 15 is 0 Å². The molecule has 0 bridgehead atoms. The molecule has 1 aromatic carbocycles. The summed E-state index contributed by atoms with van der Waals surface area (Å²) >= 11 is 0. The summed E-state index contributed by atoms with van der Waals surface area (Å²) in [5.41, 5.74) is 4.60. The lowest BCUT2D eigenvalue weighted by atomic mass is 10.1. The Hall–Kier alpha value is -2.63. The molecule has 6 nitrogen and oxygen atoms in total. The minimum Gasteiger partial charge on any atom is -0.351 e. The van der Waals surface area contributed by atoms with Crippen LogP contribution < -0.4 is 5.32 Å². The van der Waals surface area contributed by atoms with E-state index in [-0.39, 0.29) is 5.91 Å². The Morgan fingerprint density at radius 1 is 1.26 bits per heavy atom. The third-order valence-electron chi connectivity index (χ3n) is 3.87. The number of H-pyrrole nitrogens is 1. The van der Waals surface area contributed by atoms with Gasteiger partial charge in [0.1, 0.15) is 0 Å². The quantitative estimate of drug-likeness (QED) is 0.711. The second-order valence-corrected chi connectivity index (χ2v) is 5.88. The predicted molar refractivity (Wildman–Crippen MR) is 89.5 cm³/mol. The van der Waals surface area contributed by atoms with Crippen LogP contribution in [0.1, 0.15) is 33.9 Å². The third-order valence-corrected chi connectivity index (χ3v) is 3.87. The second kappa shape index (κ2) is 6.24. The highest BCUT2D eigenvalue weighted by Crippen LogP contribution is 2.17. The zero-order valence-corrected chi connectivity index (χ0v) is 13.7. The maximum absolute atomic E-state index is 12.3. The van der Waals surface area contributed by atoms with Gasteiger partial charge in [-0.25, -0.2) is 0 Å². The van der Waals surface area contributed by atoms with Crippen molar-refractivity contribution in [2.24, 2.45) is 0 Å². The summed E-state index contributed by atoms with van der Waals surface area (Å²) in [6, 6.07) is 7.97. The number of benzene rings is 1. The molecule has 2 heterocycles. The number of rotatable bonds is 5. The van der Waals surface area contributed by atoms with Gasteiger partial charge in [0.15, 0.2) is 5.69 Å². The van der Waals surface area contributed by atoms with Crippen LogP contribution in [0.5, 0.6) is 0 Å². The van der Waals surface area contributed by atoms with Crippen LogP contribution in [0.2, 0.25) is 0 Å². The Bertz CT molecular complexity index is 846. The van der Waals surface area contributed by atoms with Crippen molar-refractivity contribution in [3.05, 3.63) is 46.9 Å². The number of fused-ring (bicyclic) bond motifs is 1. The van der Waals surface area contributed by atoms with E-state index < -0.39 is 0 Å². The first-order valence-corrected chi connectivity index (χ1v) is 7.78. The van der Waals surface area contributed by atoms with Crippen molar-refractivity contribution in [2.45, 2.75) is 33.7 Å². The van der Waals surface area contributed by atoms with E-state index in [0.29, 0.717) is 12.2 Å². The molecule has 0 aliphatic heterocycles. The van der Waals surface area contributed by atoms with Gasteiger partial charge in [-0.2, -0.15) is 10.2 Å². The Labute approximate surface area is 134 Å². The number of amides is 1. The molecule has 3 rings (SSSR count). The zero-order chi connectivity index (χ0) is 16.4. The summed E-state index contributed by atoms with van der Waals surface area (Å²) in [5.74, 6) is -0.143. The van der Waals surface area contributed by atoms with Crippen LogP contribution in [0.3, 0.4) is 0 Å². The second-order valence-electron chi connectivity index (χ2n) is 5.88. The van der Waals surface area contributed by atoms with Gasteiger partial charge >= 0.3 is 0 Å².